The number of hydrogen-bond donors (Lipinski definition) is 1. The van der Waals surface area contributed by atoms with Gasteiger partial charge < -0.3 is 29.7 Å². The van der Waals surface area contributed by atoms with Crippen LogP contribution in [0, 0.1) is 5.82 Å². The van der Waals surface area contributed by atoms with Gasteiger partial charge in [0, 0.05) is 50.5 Å². The maximum atomic E-state index is 14.2. The lowest BCUT2D eigenvalue weighted by Gasteiger charge is -2.32. The van der Waals surface area contributed by atoms with E-state index in [1.165, 1.54) is 18.5 Å². The van der Waals surface area contributed by atoms with E-state index in [4.69, 9.17) is 19.9 Å². The van der Waals surface area contributed by atoms with Gasteiger partial charge in [0.1, 0.15) is 6.33 Å². The zero-order chi connectivity index (χ0) is 22.5. The summed E-state index contributed by atoms with van der Waals surface area (Å²) in [5.74, 6) is 0.829. The van der Waals surface area contributed by atoms with Crippen LogP contribution in [0.5, 0.6) is 23.1 Å². The van der Waals surface area contributed by atoms with E-state index in [1.54, 1.807) is 25.3 Å². The first-order chi connectivity index (χ1) is 15.5. The number of nitrogens with zero attached hydrogens (tertiary/aromatic N) is 4. The summed E-state index contributed by atoms with van der Waals surface area (Å²) >= 11 is 0. The quantitative estimate of drug-likeness (QED) is 0.421. The Morgan fingerprint density at radius 2 is 1.84 bits per heavy atom. The van der Waals surface area contributed by atoms with E-state index in [1.807, 2.05) is 0 Å². The number of benzene rings is 2. The summed E-state index contributed by atoms with van der Waals surface area (Å²) in [7, 11) is 3.73. The largest absolute Gasteiger partial charge is 0.493 e. The van der Waals surface area contributed by atoms with Crippen LogP contribution >= 0.6 is 0 Å². The molecule has 0 saturated carbocycles. The van der Waals surface area contributed by atoms with Gasteiger partial charge in [0.25, 0.3) is 0 Å². The van der Waals surface area contributed by atoms with Crippen LogP contribution in [0.15, 0.2) is 36.7 Å². The minimum absolute atomic E-state index is 0.0321. The van der Waals surface area contributed by atoms with Crippen molar-refractivity contribution in [3.8, 4) is 23.1 Å². The fraction of sp³-hybridized carbons (Fsp3) is 0.391. The van der Waals surface area contributed by atoms with E-state index in [9.17, 15) is 4.39 Å². The normalized spacial score (nSPS) is 15.1. The van der Waals surface area contributed by atoms with Crippen molar-refractivity contribution < 1.29 is 18.6 Å². The summed E-state index contributed by atoms with van der Waals surface area (Å²) < 4.78 is 31.5. The van der Waals surface area contributed by atoms with Crippen molar-refractivity contribution in [3.05, 3.63) is 42.5 Å². The van der Waals surface area contributed by atoms with E-state index in [0.29, 0.717) is 34.7 Å². The molecule has 0 spiro atoms. The molecule has 2 heterocycles. The first kappa shape index (κ1) is 22.0. The summed E-state index contributed by atoms with van der Waals surface area (Å²) in [5, 5.41) is 0.596. The monoisotopic (exact) mass is 441 g/mol. The summed E-state index contributed by atoms with van der Waals surface area (Å²) in [4.78, 5) is 13.3. The number of piperazine rings is 1. The first-order valence-corrected chi connectivity index (χ1v) is 10.6. The molecule has 4 rings (SSSR count). The Morgan fingerprint density at radius 1 is 1.03 bits per heavy atom. The molecular weight excluding hydrogens is 413 g/mol. The minimum atomic E-state index is -0.564. The summed E-state index contributed by atoms with van der Waals surface area (Å²) in [6.07, 6.45) is 2.26. The van der Waals surface area contributed by atoms with E-state index >= 15 is 0 Å². The number of halogens is 1. The molecule has 1 aliphatic rings. The third kappa shape index (κ3) is 5.17. The number of ether oxygens (including phenoxy) is 3. The minimum Gasteiger partial charge on any atom is -0.493 e. The molecule has 0 radical (unpaired) electrons. The van der Waals surface area contributed by atoms with Crippen molar-refractivity contribution >= 4 is 16.6 Å². The van der Waals surface area contributed by atoms with Crippen molar-refractivity contribution in [1.29, 1.82) is 0 Å². The molecule has 8 nitrogen and oxygen atoms in total. The first-order valence-electron chi connectivity index (χ1n) is 10.6. The maximum Gasteiger partial charge on any atom is 0.230 e. The Hall–Kier alpha value is -3.17. The molecule has 170 valence electrons. The van der Waals surface area contributed by atoms with E-state index in [2.05, 4.69) is 26.8 Å². The molecule has 1 aliphatic heterocycles. The summed E-state index contributed by atoms with van der Waals surface area (Å²) in [6, 6.07) is 7.78. The highest BCUT2D eigenvalue weighted by Gasteiger charge is 2.16. The molecule has 0 aliphatic carbocycles. The number of likely N-dealkylation sites (N-methyl/N-ethyl adjacent to an activating group) is 1. The Morgan fingerprint density at radius 3 is 2.59 bits per heavy atom. The van der Waals surface area contributed by atoms with Gasteiger partial charge in [0.15, 0.2) is 23.1 Å². The molecule has 1 fully saturated rings. The van der Waals surface area contributed by atoms with Crippen LogP contribution in [0.2, 0.25) is 0 Å². The summed E-state index contributed by atoms with van der Waals surface area (Å²) in [5.41, 5.74) is 6.54. The number of aromatic nitrogens is 2. The smallest absolute Gasteiger partial charge is 0.230 e. The van der Waals surface area contributed by atoms with Crippen LogP contribution in [0.25, 0.3) is 10.9 Å². The third-order valence-corrected chi connectivity index (χ3v) is 5.52. The number of anilines is 1. The van der Waals surface area contributed by atoms with Gasteiger partial charge in [-0.1, -0.05) is 0 Å². The Labute approximate surface area is 186 Å². The second-order valence-electron chi connectivity index (χ2n) is 7.84. The van der Waals surface area contributed by atoms with Crippen molar-refractivity contribution in [2.75, 3.05) is 59.2 Å². The molecule has 1 aromatic heterocycles. The molecule has 0 atom stereocenters. The van der Waals surface area contributed by atoms with Crippen LogP contribution < -0.4 is 19.9 Å². The number of methoxy groups -OCH3 is 1. The van der Waals surface area contributed by atoms with Crippen molar-refractivity contribution in [1.82, 2.24) is 19.8 Å². The van der Waals surface area contributed by atoms with Crippen LogP contribution in [0.3, 0.4) is 0 Å². The topological polar surface area (TPSA) is 86.0 Å². The van der Waals surface area contributed by atoms with Gasteiger partial charge >= 0.3 is 0 Å². The number of rotatable bonds is 8. The molecule has 0 bridgehead atoms. The fourth-order valence-electron chi connectivity index (χ4n) is 3.64. The van der Waals surface area contributed by atoms with Crippen LogP contribution in [0.1, 0.15) is 6.42 Å². The molecule has 3 aromatic rings. The Bertz CT molecular complexity index is 1070. The van der Waals surface area contributed by atoms with Crippen LogP contribution in [-0.4, -0.2) is 73.3 Å². The van der Waals surface area contributed by atoms with Crippen LogP contribution in [0.4, 0.5) is 10.1 Å². The molecule has 2 N–H and O–H groups in total. The average molecular weight is 442 g/mol. The zero-order valence-electron chi connectivity index (χ0n) is 18.4. The summed E-state index contributed by atoms with van der Waals surface area (Å²) in [6.45, 7) is 5.88. The van der Waals surface area contributed by atoms with Crippen LogP contribution in [-0.2, 0) is 0 Å². The highest BCUT2D eigenvalue weighted by atomic mass is 19.1. The second kappa shape index (κ2) is 9.97. The SMILES string of the molecule is COc1cc2ncnc(Oc3ccc(N)cc3F)c2cc1OCCCN1CCN(C)CC1. The molecular formula is C23H28FN5O3. The lowest BCUT2D eigenvalue weighted by Crippen LogP contribution is -2.44. The average Bonchev–Trinajstić information content (AvgIpc) is 2.79. The number of nitrogens with two attached hydrogens (primary N) is 1. The fourth-order valence-corrected chi connectivity index (χ4v) is 3.64. The standard InChI is InChI=1S/C23H28FN5O3/c1-28-7-9-29(10-8-28)6-3-11-31-22-13-17-19(14-21(22)30-2)26-15-27-23(17)32-20-5-4-16(25)12-18(20)24/h4-5,12-15H,3,6-11,25H2,1-2H3. The van der Waals surface area contributed by atoms with E-state index in [0.717, 1.165) is 39.1 Å². The maximum absolute atomic E-state index is 14.2. The lowest BCUT2D eigenvalue weighted by atomic mass is 10.2. The number of hydrogen-bond acceptors (Lipinski definition) is 8. The van der Waals surface area contributed by atoms with Gasteiger partial charge in [-0.05, 0) is 31.7 Å². The predicted octanol–water partition coefficient (Wildman–Crippen LogP) is 3.17. The molecule has 2 aromatic carbocycles. The highest BCUT2D eigenvalue weighted by Crippen LogP contribution is 2.36. The zero-order valence-corrected chi connectivity index (χ0v) is 18.4. The predicted molar refractivity (Wildman–Crippen MR) is 121 cm³/mol. The van der Waals surface area contributed by atoms with Gasteiger partial charge in [0.05, 0.1) is 24.6 Å². The number of nitrogen functional groups attached to an aromatic ring is 1. The van der Waals surface area contributed by atoms with Gasteiger partial charge in [-0.3, -0.25) is 0 Å². The van der Waals surface area contributed by atoms with Crippen molar-refractivity contribution in [2.24, 2.45) is 0 Å². The van der Waals surface area contributed by atoms with E-state index < -0.39 is 5.82 Å². The Balaban J connectivity index is 1.49. The van der Waals surface area contributed by atoms with Gasteiger partial charge in [0.2, 0.25) is 5.88 Å². The molecule has 9 heteroatoms. The molecule has 0 amide bonds. The second-order valence-corrected chi connectivity index (χ2v) is 7.84. The lowest BCUT2D eigenvalue weighted by molar-refractivity contribution is 0.145. The molecule has 0 unspecified atom stereocenters. The van der Waals surface area contributed by atoms with Gasteiger partial charge in [-0.25, -0.2) is 14.4 Å². The number of fused-ring (bicyclic) bond motifs is 1. The molecule has 32 heavy (non-hydrogen) atoms. The third-order valence-electron chi connectivity index (χ3n) is 5.52. The Kier molecular flexibility index (Phi) is 6.87. The molecule has 1 saturated heterocycles. The van der Waals surface area contributed by atoms with E-state index in [-0.39, 0.29) is 11.6 Å². The van der Waals surface area contributed by atoms with Gasteiger partial charge in [-0.2, -0.15) is 0 Å². The van der Waals surface area contributed by atoms with Gasteiger partial charge in [-0.15, -0.1) is 0 Å². The van der Waals surface area contributed by atoms with Crippen molar-refractivity contribution in [3.63, 3.8) is 0 Å². The highest BCUT2D eigenvalue weighted by molar-refractivity contribution is 5.87. The van der Waals surface area contributed by atoms with Crippen molar-refractivity contribution in [2.45, 2.75) is 6.42 Å².